The number of hydrogen-bond donors (Lipinski definition) is 0. The Morgan fingerprint density at radius 1 is 1.64 bits per heavy atom. The first kappa shape index (κ1) is 14.4. The van der Waals surface area contributed by atoms with Crippen LogP contribution in [0, 0.1) is 11.8 Å². The molecule has 0 N–H and O–H groups in total. The second-order valence-electron chi connectivity index (χ2n) is 4.00. The molecule has 2 atom stereocenters. The van der Waals surface area contributed by atoms with E-state index in [9.17, 15) is 9.90 Å². The summed E-state index contributed by atoms with van der Waals surface area (Å²) in [5, 5.41) is 10.8. The largest absolute Gasteiger partial charge is 1.00 e. The van der Waals surface area contributed by atoms with Gasteiger partial charge < -0.3 is 14.8 Å². The summed E-state index contributed by atoms with van der Waals surface area (Å²) in [5.41, 5.74) is 0. The molecule has 0 aliphatic carbocycles. The Hall–Kier alpha value is 0.430. The predicted molar refractivity (Wildman–Crippen MR) is 49.0 cm³/mol. The van der Waals surface area contributed by atoms with Gasteiger partial charge in [-0.25, -0.2) is 0 Å². The van der Waals surface area contributed by atoms with E-state index < -0.39 is 5.97 Å². The van der Waals surface area contributed by atoms with Gasteiger partial charge in [0.15, 0.2) is 0 Å². The van der Waals surface area contributed by atoms with Crippen molar-refractivity contribution >= 4 is 5.97 Å². The molecule has 0 aromatic heterocycles. The van der Waals surface area contributed by atoms with Crippen molar-refractivity contribution in [2.75, 3.05) is 20.1 Å². The van der Waals surface area contributed by atoms with Crippen LogP contribution < -0.4 is 34.7 Å². The molecule has 3 nitrogen and oxygen atoms in total. The molecule has 0 aromatic rings. The summed E-state index contributed by atoms with van der Waals surface area (Å²) >= 11 is 0. The molecule has 4 heteroatoms. The van der Waals surface area contributed by atoms with Gasteiger partial charge in [-0.1, -0.05) is 6.92 Å². The van der Waals surface area contributed by atoms with Crippen LogP contribution in [-0.4, -0.2) is 31.0 Å². The fraction of sp³-hybridized carbons (Fsp3) is 0.900. The van der Waals surface area contributed by atoms with Gasteiger partial charge >= 0.3 is 29.6 Å². The Kier molecular flexibility index (Phi) is 7.04. The van der Waals surface area contributed by atoms with E-state index in [0.717, 1.165) is 25.9 Å². The Balaban J connectivity index is 0.00000169. The summed E-state index contributed by atoms with van der Waals surface area (Å²) in [7, 11) is 2.05. The van der Waals surface area contributed by atoms with Gasteiger partial charge in [0.1, 0.15) is 0 Å². The van der Waals surface area contributed by atoms with Gasteiger partial charge in [-0.15, -0.1) is 0 Å². The van der Waals surface area contributed by atoms with Crippen LogP contribution in [0.3, 0.4) is 0 Å². The van der Waals surface area contributed by atoms with Gasteiger partial charge in [0.25, 0.3) is 0 Å². The molecule has 76 valence electrons. The topological polar surface area (TPSA) is 43.4 Å². The average molecular weight is 207 g/mol. The van der Waals surface area contributed by atoms with Crippen LogP contribution in [0.25, 0.3) is 0 Å². The Morgan fingerprint density at radius 3 is 2.71 bits per heavy atom. The van der Waals surface area contributed by atoms with Crippen LogP contribution in [0.1, 0.15) is 26.2 Å². The summed E-state index contributed by atoms with van der Waals surface area (Å²) in [6, 6.07) is 0. The maximum atomic E-state index is 10.8. The smallest absolute Gasteiger partial charge is 0.550 e. The molecule has 1 saturated heterocycles. The van der Waals surface area contributed by atoms with E-state index in [1.54, 1.807) is 0 Å². The Morgan fingerprint density at radius 2 is 2.29 bits per heavy atom. The molecule has 0 radical (unpaired) electrons. The van der Waals surface area contributed by atoms with Gasteiger partial charge in [0.2, 0.25) is 0 Å². The summed E-state index contributed by atoms with van der Waals surface area (Å²) in [6.45, 7) is 3.93. The molecule has 1 rings (SSSR count). The van der Waals surface area contributed by atoms with Gasteiger partial charge in [-0.2, -0.15) is 0 Å². The summed E-state index contributed by atoms with van der Waals surface area (Å²) in [5.74, 6) is -0.820. The molecular weight excluding hydrogens is 189 g/mol. The number of carbonyl (C=O) groups excluding carboxylic acids is 1. The molecule has 1 heterocycles. The summed E-state index contributed by atoms with van der Waals surface area (Å²) in [4.78, 5) is 13.0. The molecule has 0 spiro atoms. The minimum atomic E-state index is -0.872. The molecule has 0 bridgehead atoms. The zero-order chi connectivity index (χ0) is 9.84. The van der Waals surface area contributed by atoms with Crippen LogP contribution in [0.5, 0.6) is 0 Å². The minimum absolute atomic E-state index is 0. The number of likely N-dealkylation sites (tertiary alicyclic amines) is 1. The van der Waals surface area contributed by atoms with E-state index in [1.807, 2.05) is 14.0 Å². The van der Waals surface area contributed by atoms with E-state index >= 15 is 0 Å². The third-order valence-electron chi connectivity index (χ3n) is 2.97. The molecule has 0 amide bonds. The number of carbonyl (C=O) groups is 1. The monoisotopic (exact) mass is 207 g/mol. The maximum absolute atomic E-state index is 10.8. The van der Waals surface area contributed by atoms with Crippen LogP contribution in [-0.2, 0) is 4.79 Å². The third-order valence-corrected chi connectivity index (χ3v) is 2.97. The first-order valence-corrected chi connectivity index (χ1v) is 5.04. The zero-order valence-electron chi connectivity index (χ0n) is 9.45. The van der Waals surface area contributed by atoms with Crippen molar-refractivity contribution in [2.24, 2.45) is 11.8 Å². The Labute approximate surface area is 108 Å². The fourth-order valence-corrected chi connectivity index (χ4v) is 2.23. The summed E-state index contributed by atoms with van der Waals surface area (Å²) in [6.07, 6.45) is 2.85. The summed E-state index contributed by atoms with van der Waals surface area (Å²) < 4.78 is 0. The molecule has 0 saturated carbocycles. The van der Waals surface area contributed by atoms with Crippen molar-refractivity contribution in [2.45, 2.75) is 26.2 Å². The van der Waals surface area contributed by atoms with Crippen LogP contribution >= 0.6 is 0 Å². The normalized spacial score (nSPS) is 25.1. The van der Waals surface area contributed by atoms with Crippen molar-refractivity contribution in [1.82, 2.24) is 4.90 Å². The number of nitrogens with zero attached hydrogens (tertiary/aromatic N) is 1. The second kappa shape index (κ2) is 6.83. The predicted octanol–water partition coefficient (Wildman–Crippen LogP) is -2.89. The van der Waals surface area contributed by atoms with Gasteiger partial charge in [-0.05, 0) is 38.8 Å². The van der Waals surface area contributed by atoms with Crippen molar-refractivity contribution in [3.05, 3.63) is 0 Å². The van der Waals surface area contributed by atoms with Gasteiger partial charge in [0, 0.05) is 18.4 Å². The van der Waals surface area contributed by atoms with Crippen molar-refractivity contribution in [3.63, 3.8) is 0 Å². The number of carboxylic acids is 1. The van der Waals surface area contributed by atoms with E-state index in [1.165, 1.54) is 0 Å². The fourth-order valence-electron chi connectivity index (χ4n) is 2.23. The van der Waals surface area contributed by atoms with Crippen LogP contribution in [0.15, 0.2) is 0 Å². The van der Waals surface area contributed by atoms with Gasteiger partial charge in [-0.3, -0.25) is 0 Å². The van der Waals surface area contributed by atoms with Gasteiger partial charge in [0.05, 0.1) is 0 Å². The molecule has 0 aromatic carbocycles. The Bertz CT molecular complexity index is 187. The first-order chi connectivity index (χ1) is 6.15. The first-order valence-electron chi connectivity index (χ1n) is 5.04. The van der Waals surface area contributed by atoms with E-state index in [2.05, 4.69) is 4.90 Å². The quantitative estimate of drug-likeness (QED) is 0.467. The molecule has 1 aliphatic rings. The number of rotatable bonds is 3. The number of carboxylic acid groups (broad SMARTS) is 1. The van der Waals surface area contributed by atoms with Crippen molar-refractivity contribution in [3.8, 4) is 0 Å². The average Bonchev–Trinajstić information content (AvgIpc) is 2.04. The third kappa shape index (κ3) is 3.89. The minimum Gasteiger partial charge on any atom is -0.550 e. The van der Waals surface area contributed by atoms with E-state index in [4.69, 9.17) is 0 Å². The van der Waals surface area contributed by atoms with E-state index in [-0.39, 0.29) is 35.5 Å². The maximum Gasteiger partial charge on any atom is 1.00 e. The number of piperidine rings is 1. The standard InChI is InChI=1S/C10H19NO2.Na/c1-3-9(10(12)13)8-5-4-6-11(2)7-8;/h8-9H,3-7H2,1-2H3,(H,12,13);/q;+1/p-1. The number of aliphatic carboxylic acids is 1. The molecule has 14 heavy (non-hydrogen) atoms. The van der Waals surface area contributed by atoms with E-state index in [0.29, 0.717) is 12.3 Å². The zero-order valence-corrected chi connectivity index (χ0v) is 11.5. The number of hydrogen-bond acceptors (Lipinski definition) is 3. The molecule has 2 unspecified atom stereocenters. The molecule has 1 fully saturated rings. The van der Waals surface area contributed by atoms with Crippen LogP contribution in [0.2, 0.25) is 0 Å². The SMILES string of the molecule is CCC(C(=O)[O-])C1CCCN(C)C1.[Na+]. The van der Waals surface area contributed by atoms with Crippen molar-refractivity contribution < 1.29 is 39.5 Å². The molecule has 1 aliphatic heterocycles. The molecular formula is C10H18NNaO2. The van der Waals surface area contributed by atoms with Crippen LogP contribution in [0.4, 0.5) is 0 Å². The second-order valence-corrected chi connectivity index (χ2v) is 4.00. The van der Waals surface area contributed by atoms with Crippen molar-refractivity contribution in [1.29, 1.82) is 0 Å².